The average Bonchev–Trinajstić information content (AvgIpc) is 3.36. The Morgan fingerprint density at radius 3 is 2.11 bits per heavy atom. The molecule has 0 saturated heterocycles. The number of hydrogen-bond donors (Lipinski definition) is 2. The number of fused-ring (bicyclic) bond motifs is 1. The molecule has 1 amide bonds. The van der Waals surface area contributed by atoms with E-state index >= 15 is 0 Å². The SMILES string of the molecule is CCCCNC.COc1ccc(-c2c(N(CCCCCCC(=O)O)C(C)=O)c3cc(OC)ccc3n2Cc2ccccc2)cc1. The Bertz CT molecular complexity index is 1480. The molecule has 0 aliphatic rings. The second-order valence-corrected chi connectivity index (χ2v) is 11.1. The molecule has 4 aromatic rings. The van der Waals surface area contributed by atoms with Gasteiger partial charge in [-0.2, -0.15) is 0 Å². The number of anilines is 1. The molecule has 45 heavy (non-hydrogen) atoms. The molecule has 1 aromatic heterocycles. The van der Waals surface area contributed by atoms with Gasteiger partial charge >= 0.3 is 5.97 Å². The lowest BCUT2D eigenvalue weighted by atomic mass is 10.1. The molecule has 0 fully saturated rings. The summed E-state index contributed by atoms with van der Waals surface area (Å²) in [6, 6.07) is 24.2. The number of aliphatic carboxylic acids is 1. The summed E-state index contributed by atoms with van der Waals surface area (Å²) in [5.41, 5.74) is 4.94. The van der Waals surface area contributed by atoms with Crippen LogP contribution < -0.4 is 19.7 Å². The van der Waals surface area contributed by atoms with E-state index in [1.807, 2.05) is 66.5 Å². The quantitative estimate of drug-likeness (QED) is 0.125. The molecule has 0 bridgehead atoms. The monoisotopic (exact) mass is 615 g/mol. The first kappa shape index (κ1) is 35.2. The Morgan fingerprint density at radius 2 is 1.53 bits per heavy atom. The molecule has 0 aliphatic heterocycles. The smallest absolute Gasteiger partial charge is 0.303 e. The van der Waals surface area contributed by atoms with Crippen LogP contribution in [0.5, 0.6) is 11.5 Å². The first-order valence-corrected chi connectivity index (χ1v) is 15.9. The van der Waals surface area contributed by atoms with Crippen molar-refractivity contribution < 1.29 is 24.2 Å². The third-order valence-corrected chi connectivity index (χ3v) is 7.74. The number of carbonyl (C=O) groups excluding carboxylic acids is 1. The van der Waals surface area contributed by atoms with Gasteiger partial charge in [-0.1, -0.05) is 56.5 Å². The maximum atomic E-state index is 13.2. The lowest BCUT2D eigenvalue weighted by Gasteiger charge is -2.23. The zero-order valence-corrected chi connectivity index (χ0v) is 27.5. The van der Waals surface area contributed by atoms with Crippen LogP contribution in [0.3, 0.4) is 0 Å². The van der Waals surface area contributed by atoms with Crippen LogP contribution in [0.15, 0.2) is 72.8 Å². The van der Waals surface area contributed by atoms with E-state index in [9.17, 15) is 9.59 Å². The van der Waals surface area contributed by atoms with Crippen LogP contribution in [-0.2, 0) is 16.1 Å². The van der Waals surface area contributed by atoms with Crippen molar-refractivity contribution in [3.05, 3.63) is 78.4 Å². The average molecular weight is 616 g/mol. The second-order valence-electron chi connectivity index (χ2n) is 11.1. The third-order valence-electron chi connectivity index (χ3n) is 7.74. The van der Waals surface area contributed by atoms with Gasteiger partial charge in [0.2, 0.25) is 5.91 Å². The molecule has 8 heteroatoms. The molecule has 3 aromatic carbocycles. The molecule has 2 N–H and O–H groups in total. The molecule has 242 valence electrons. The highest BCUT2D eigenvalue weighted by molar-refractivity contribution is 6.09. The number of amides is 1. The number of carbonyl (C=O) groups is 2. The molecule has 8 nitrogen and oxygen atoms in total. The summed E-state index contributed by atoms with van der Waals surface area (Å²) in [5.74, 6) is 0.665. The fourth-order valence-electron chi connectivity index (χ4n) is 5.37. The first-order valence-electron chi connectivity index (χ1n) is 15.9. The number of benzene rings is 3. The second kappa shape index (κ2) is 18.5. The maximum Gasteiger partial charge on any atom is 0.303 e. The number of nitrogens with one attached hydrogen (secondary N) is 1. The van der Waals surface area contributed by atoms with Crippen LogP contribution in [0.1, 0.15) is 64.4 Å². The normalized spacial score (nSPS) is 10.7. The summed E-state index contributed by atoms with van der Waals surface area (Å²) in [5, 5.41) is 12.9. The van der Waals surface area contributed by atoms with Gasteiger partial charge in [-0.3, -0.25) is 9.59 Å². The Hall–Kier alpha value is -4.30. The minimum Gasteiger partial charge on any atom is -0.497 e. The lowest BCUT2D eigenvalue weighted by molar-refractivity contribution is -0.137. The molecule has 0 saturated carbocycles. The molecule has 0 aliphatic carbocycles. The minimum absolute atomic E-state index is 0.0446. The Kier molecular flexibility index (Phi) is 14.5. The van der Waals surface area contributed by atoms with Crippen LogP contribution in [0.25, 0.3) is 22.2 Å². The number of carboxylic acid groups (broad SMARTS) is 1. The summed E-state index contributed by atoms with van der Waals surface area (Å²) < 4.78 is 13.3. The summed E-state index contributed by atoms with van der Waals surface area (Å²) in [4.78, 5) is 25.9. The van der Waals surface area contributed by atoms with E-state index in [1.165, 1.54) is 12.8 Å². The number of unbranched alkanes of at least 4 members (excludes halogenated alkanes) is 4. The number of ether oxygens (including phenoxy) is 2. The van der Waals surface area contributed by atoms with Crippen LogP contribution >= 0.6 is 0 Å². The van der Waals surface area contributed by atoms with Gasteiger partial charge in [-0.05, 0) is 80.9 Å². The van der Waals surface area contributed by atoms with Crippen molar-refractivity contribution in [3.63, 3.8) is 0 Å². The van der Waals surface area contributed by atoms with E-state index in [0.29, 0.717) is 19.5 Å². The zero-order chi connectivity index (χ0) is 32.6. The molecule has 0 unspecified atom stereocenters. The zero-order valence-electron chi connectivity index (χ0n) is 27.5. The third kappa shape index (κ3) is 10.1. The van der Waals surface area contributed by atoms with Gasteiger partial charge in [0.1, 0.15) is 11.5 Å². The van der Waals surface area contributed by atoms with E-state index < -0.39 is 5.97 Å². The van der Waals surface area contributed by atoms with Crippen molar-refractivity contribution in [1.29, 1.82) is 0 Å². The summed E-state index contributed by atoms with van der Waals surface area (Å²) in [6.45, 7) is 6.12. The number of rotatable bonds is 16. The fraction of sp³-hybridized carbons (Fsp3) is 0.405. The Balaban J connectivity index is 0.000000838. The van der Waals surface area contributed by atoms with Crippen molar-refractivity contribution in [2.24, 2.45) is 0 Å². The van der Waals surface area contributed by atoms with Gasteiger partial charge in [-0.25, -0.2) is 0 Å². The number of hydrogen-bond acceptors (Lipinski definition) is 5. The highest BCUT2D eigenvalue weighted by Crippen LogP contribution is 2.43. The van der Waals surface area contributed by atoms with Crippen molar-refractivity contribution in [3.8, 4) is 22.8 Å². The van der Waals surface area contributed by atoms with Gasteiger partial charge < -0.3 is 29.4 Å². The number of methoxy groups -OCH3 is 2. The van der Waals surface area contributed by atoms with Crippen LogP contribution in [0, 0.1) is 0 Å². The number of aromatic nitrogens is 1. The van der Waals surface area contributed by atoms with Crippen molar-refractivity contribution in [2.45, 2.75) is 65.3 Å². The maximum absolute atomic E-state index is 13.2. The molecule has 0 spiro atoms. The first-order chi connectivity index (χ1) is 21.8. The minimum atomic E-state index is -0.773. The van der Waals surface area contributed by atoms with Crippen molar-refractivity contribution in [1.82, 2.24) is 9.88 Å². The van der Waals surface area contributed by atoms with E-state index in [1.54, 1.807) is 21.1 Å². The van der Waals surface area contributed by atoms with Crippen LogP contribution in [0.2, 0.25) is 0 Å². The topological polar surface area (TPSA) is 93.0 Å². The summed E-state index contributed by atoms with van der Waals surface area (Å²) >= 11 is 0. The van der Waals surface area contributed by atoms with Gasteiger partial charge in [0.25, 0.3) is 0 Å². The van der Waals surface area contributed by atoms with Crippen LogP contribution in [-0.4, -0.2) is 55.9 Å². The van der Waals surface area contributed by atoms with Crippen molar-refractivity contribution in [2.75, 3.05) is 39.3 Å². The molecule has 0 radical (unpaired) electrons. The molecule has 1 heterocycles. The predicted molar refractivity (Wildman–Crippen MR) is 184 cm³/mol. The van der Waals surface area contributed by atoms with Gasteiger partial charge in [-0.15, -0.1) is 0 Å². The standard InChI is InChI=1S/C32H36N2O5.C5H13N/c1-23(35)33(20-10-5-4-9-13-30(36)37)32-28-21-27(39-3)18-19-29(28)34(22-24-11-7-6-8-12-24)31(32)25-14-16-26(38-2)17-15-25;1-3-4-5-6-2/h6-8,11-12,14-19,21H,4-5,9-10,13,20,22H2,1-3H3,(H,36,37);6H,3-5H2,1-2H3. The highest BCUT2D eigenvalue weighted by atomic mass is 16.5. The summed E-state index contributed by atoms with van der Waals surface area (Å²) in [6.07, 6.45) is 5.84. The van der Waals surface area contributed by atoms with E-state index in [2.05, 4.69) is 35.0 Å². The number of carboxylic acids is 1. The molecule has 4 rings (SSSR count). The largest absolute Gasteiger partial charge is 0.497 e. The lowest BCUT2D eigenvalue weighted by Crippen LogP contribution is -2.30. The number of nitrogens with zero attached hydrogens (tertiary/aromatic N) is 2. The van der Waals surface area contributed by atoms with Crippen LogP contribution in [0.4, 0.5) is 5.69 Å². The van der Waals surface area contributed by atoms with E-state index in [0.717, 1.165) is 70.7 Å². The fourth-order valence-corrected chi connectivity index (χ4v) is 5.37. The van der Waals surface area contributed by atoms with Crippen molar-refractivity contribution >= 4 is 28.5 Å². The van der Waals surface area contributed by atoms with Gasteiger partial charge in [0, 0.05) is 37.4 Å². The summed E-state index contributed by atoms with van der Waals surface area (Å²) in [7, 11) is 5.27. The van der Waals surface area contributed by atoms with Gasteiger partial charge in [0.05, 0.1) is 31.1 Å². The van der Waals surface area contributed by atoms with E-state index in [-0.39, 0.29) is 12.3 Å². The molecule has 0 atom stereocenters. The van der Waals surface area contributed by atoms with Gasteiger partial charge in [0.15, 0.2) is 0 Å². The Morgan fingerprint density at radius 1 is 0.867 bits per heavy atom. The Labute approximate surface area is 268 Å². The predicted octanol–water partition coefficient (Wildman–Crippen LogP) is 7.77. The highest BCUT2D eigenvalue weighted by Gasteiger charge is 2.26. The molecular weight excluding hydrogens is 566 g/mol. The molecular formula is C37H49N3O5. The van der Waals surface area contributed by atoms with E-state index in [4.69, 9.17) is 14.6 Å².